The molecule has 0 unspecified atom stereocenters. The molecule has 3 aromatic carbocycles. The van der Waals surface area contributed by atoms with Gasteiger partial charge in [-0.2, -0.15) is 0 Å². The summed E-state index contributed by atoms with van der Waals surface area (Å²) in [5.74, 6) is 0. The van der Waals surface area contributed by atoms with E-state index in [1.807, 2.05) is 0 Å². The number of nitrogens with zero attached hydrogens (tertiary/aromatic N) is 1. The molecule has 0 spiro atoms. The minimum absolute atomic E-state index is 1.01. The first-order valence-electron chi connectivity index (χ1n) is 8.68. The largest absolute Gasteiger partial charge is 0.340 e. The average molecular weight is 313 g/mol. The van der Waals surface area contributed by atoms with E-state index in [4.69, 9.17) is 0 Å². The van der Waals surface area contributed by atoms with Crippen molar-refractivity contribution in [1.82, 2.24) is 4.57 Å². The average Bonchev–Trinajstić information content (AvgIpc) is 2.88. The Morgan fingerprint density at radius 2 is 1.21 bits per heavy atom. The van der Waals surface area contributed by atoms with Gasteiger partial charge in [-0.05, 0) is 56.0 Å². The van der Waals surface area contributed by atoms with E-state index in [1.165, 1.54) is 44.1 Å². The summed E-state index contributed by atoms with van der Waals surface area (Å²) in [5.41, 5.74) is 8.33. The van der Waals surface area contributed by atoms with Crippen molar-refractivity contribution in [2.24, 2.45) is 0 Å². The molecule has 1 heterocycles. The molecule has 0 aliphatic carbocycles. The topological polar surface area (TPSA) is 4.93 Å². The fourth-order valence-electron chi connectivity index (χ4n) is 4.07. The van der Waals surface area contributed by atoms with E-state index in [1.54, 1.807) is 0 Å². The summed E-state index contributed by atoms with van der Waals surface area (Å²) >= 11 is 0. The molecule has 1 heteroatoms. The van der Waals surface area contributed by atoms with Gasteiger partial charge in [-0.3, -0.25) is 0 Å². The summed E-state index contributed by atoms with van der Waals surface area (Å²) in [7, 11) is 0. The van der Waals surface area contributed by atoms with Crippen LogP contribution in [0.4, 0.5) is 0 Å². The second-order valence-corrected chi connectivity index (χ2v) is 6.81. The highest BCUT2D eigenvalue weighted by molar-refractivity contribution is 6.07. The van der Waals surface area contributed by atoms with Crippen LogP contribution in [0.2, 0.25) is 0 Å². The van der Waals surface area contributed by atoms with E-state index >= 15 is 0 Å². The highest BCUT2D eigenvalue weighted by Crippen LogP contribution is 2.29. The summed E-state index contributed by atoms with van der Waals surface area (Å²) in [6, 6.07) is 22.1. The zero-order valence-electron chi connectivity index (χ0n) is 14.6. The zero-order valence-corrected chi connectivity index (χ0v) is 14.6. The Labute approximate surface area is 143 Å². The second-order valence-electron chi connectivity index (χ2n) is 6.81. The van der Waals surface area contributed by atoms with Crippen LogP contribution in [-0.4, -0.2) is 4.57 Å². The number of hydrogen-bond acceptors (Lipinski definition) is 0. The minimum atomic E-state index is 1.01. The Balaban J connectivity index is 1.80. The van der Waals surface area contributed by atoms with Crippen molar-refractivity contribution in [2.75, 3.05) is 0 Å². The van der Waals surface area contributed by atoms with Gasteiger partial charge in [0.25, 0.3) is 0 Å². The molecule has 0 amide bonds. The van der Waals surface area contributed by atoms with Gasteiger partial charge >= 0.3 is 0 Å². The normalized spacial score (nSPS) is 11.5. The van der Waals surface area contributed by atoms with Crippen LogP contribution in [0, 0.1) is 20.8 Å². The van der Waals surface area contributed by atoms with Crippen LogP contribution in [0.25, 0.3) is 21.8 Å². The van der Waals surface area contributed by atoms with E-state index in [2.05, 4.69) is 86.0 Å². The number of hydrogen-bond donors (Lipinski definition) is 0. The first-order valence-corrected chi connectivity index (χ1v) is 8.68. The van der Waals surface area contributed by atoms with Crippen LogP contribution >= 0.6 is 0 Å². The van der Waals surface area contributed by atoms with Gasteiger partial charge in [-0.15, -0.1) is 0 Å². The van der Waals surface area contributed by atoms with Crippen molar-refractivity contribution in [3.8, 4) is 0 Å². The summed E-state index contributed by atoms with van der Waals surface area (Å²) in [6.45, 7) is 7.66. The van der Waals surface area contributed by atoms with Gasteiger partial charge in [0.2, 0.25) is 0 Å². The predicted molar refractivity (Wildman–Crippen MR) is 104 cm³/mol. The van der Waals surface area contributed by atoms with Crippen LogP contribution in [-0.2, 0) is 13.0 Å². The lowest BCUT2D eigenvalue weighted by atomic mass is 9.97. The van der Waals surface area contributed by atoms with E-state index in [0.717, 1.165) is 13.0 Å². The molecule has 4 aromatic rings. The molecule has 0 radical (unpaired) electrons. The molecule has 24 heavy (non-hydrogen) atoms. The second kappa shape index (κ2) is 5.83. The number of fused-ring (bicyclic) bond motifs is 3. The van der Waals surface area contributed by atoms with E-state index in [9.17, 15) is 0 Å². The highest BCUT2D eigenvalue weighted by atomic mass is 15.0. The molecule has 0 saturated heterocycles. The summed E-state index contributed by atoms with van der Waals surface area (Å²) < 4.78 is 2.48. The summed E-state index contributed by atoms with van der Waals surface area (Å²) in [6.07, 6.45) is 1.07. The van der Waals surface area contributed by atoms with Crippen molar-refractivity contribution in [3.63, 3.8) is 0 Å². The molecule has 0 bridgehead atoms. The van der Waals surface area contributed by atoms with E-state index in [-0.39, 0.29) is 0 Å². The van der Waals surface area contributed by atoms with Gasteiger partial charge in [0, 0.05) is 28.4 Å². The standard InChI is InChI=1S/C23H23N/c1-16-14-17(2)19(18(3)15-16)12-13-24-22-10-6-4-8-20(22)21-9-5-7-11-23(21)24/h4-11,14-15H,12-13H2,1-3H3. The lowest BCUT2D eigenvalue weighted by molar-refractivity contribution is 0.738. The maximum absolute atomic E-state index is 2.48. The van der Waals surface area contributed by atoms with Gasteiger partial charge in [-0.25, -0.2) is 0 Å². The van der Waals surface area contributed by atoms with Crippen molar-refractivity contribution in [2.45, 2.75) is 33.7 Å². The number of aromatic nitrogens is 1. The predicted octanol–water partition coefficient (Wildman–Crippen LogP) is 5.96. The third kappa shape index (κ3) is 2.41. The van der Waals surface area contributed by atoms with Gasteiger partial charge in [0.05, 0.1) is 0 Å². The fourth-order valence-corrected chi connectivity index (χ4v) is 4.07. The molecule has 1 nitrogen and oxygen atoms in total. The minimum Gasteiger partial charge on any atom is -0.340 e. The Morgan fingerprint density at radius 1 is 0.708 bits per heavy atom. The third-order valence-corrected chi connectivity index (χ3v) is 5.11. The Morgan fingerprint density at radius 3 is 1.75 bits per heavy atom. The van der Waals surface area contributed by atoms with Crippen LogP contribution in [0.3, 0.4) is 0 Å². The van der Waals surface area contributed by atoms with Crippen molar-refractivity contribution >= 4 is 21.8 Å². The molecule has 4 rings (SSSR count). The summed E-state index contributed by atoms with van der Waals surface area (Å²) in [4.78, 5) is 0. The van der Waals surface area contributed by atoms with Crippen molar-refractivity contribution < 1.29 is 0 Å². The zero-order chi connectivity index (χ0) is 16.7. The lowest BCUT2D eigenvalue weighted by Gasteiger charge is -2.13. The Bertz CT molecular complexity index is 960. The monoisotopic (exact) mass is 313 g/mol. The van der Waals surface area contributed by atoms with Crippen LogP contribution in [0.15, 0.2) is 60.7 Å². The molecule has 0 N–H and O–H groups in total. The SMILES string of the molecule is Cc1cc(C)c(CCn2c3ccccc3c3ccccc32)c(C)c1. The first-order chi connectivity index (χ1) is 11.6. The van der Waals surface area contributed by atoms with Gasteiger partial charge in [-0.1, -0.05) is 54.1 Å². The molecule has 0 aliphatic heterocycles. The molecule has 120 valence electrons. The number of benzene rings is 3. The molecule has 0 atom stereocenters. The third-order valence-electron chi connectivity index (χ3n) is 5.11. The molecule has 0 saturated carbocycles. The highest BCUT2D eigenvalue weighted by Gasteiger charge is 2.11. The Hall–Kier alpha value is -2.54. The van der Waals surface area contributed by atoms with Crippen LogP contribution in [0.5, 0.6) is 0 Å². The molecular formula is C23H23N. The van der Waals surface area contributed by atoms with Gasteiger partial charge < -0.3 is 4.57 Å². The van der Waals surface area contributed by atoms with Crippen molar-refractivity contribution in [3.05, 3.63) is 82.9 Å². The van der Waals surface area contributed by atoms with Crippen LogP contribution < -0.4 is 0 Å². The lowest BCUT2D eigenvalue weighted by Crippen LogP contribution is -2.04. The maximum Gasteiger partial charge on any atom is 0.0491 e. The van der Waals surface area contributed by atoms with E-state index in [0.29, 0.717) is 0 Å². The number of rotatable bonds is 3. The summed E-state index contributed by atoms with van der Waals surface area (Å²) in [5, 5.41) is 2.70. The molecule has 0 aliphatic rings. The fraction of sp³-hybridized carbons (Fsp3) is 0.217. The van der Waals surface area contributed by atoms with Gasteiger partial charge in [0.1, 0.15) is 0 Å². The Kier molecular flexibility index (Phi) is 3.65. The molecular weight excluding hydrogens is 290 g/mol. The number of aryl methyl sites for hydroxylation is 4. The molecule has 1 aromatic heterocycles. The maximum atomic E-state index is 2.48. The molecule has 0 fully saturated rings. The van der Waals surface area contributed by atoms with Crippen LogP contribution in [0.1, 0.15) is 22.3 Å². The van der Waals surface area contributed by atoms with E-state index < -0.39 is 0 Å². The van der Waals surface area contributed by atoms with Gasteiger partial charge in [0.15, 0.2) is 0 Å². The number of para-hydroxylation sites is 2. The smallest absolute Gasteiger partial charge is 0.0491 e. The van der Waals surface area contributed by atoms with Crippen molar-refractivity contribution in [1.29, 1.82) is 0 Å². The quantitative estimate of drug-likeness (QED) is 0.439. The first kappa shape index (κ1) is 15.0.